The summed E-state index contributed by atoms with van der Waals surface area (Å²) in [6.07, 6.45) is 0.0928. The van der Waals surface area contributed by atoms with Crippen molar-refractivity contribution in [3.8, 4) is 0 Å². The molecule has 1 aliphatic rings. The van der Waals surface area contributed by atoms with Gasteiger partial charge in [0.1, 0.15) is 21.9 Å². The molecule has 2 heterocycles. The second kappa shape index (κ2) is 6.67. The van der Waals surface area contributed by atoms with E-state index in [1.54, 1.807) is 20.8 Å². The van der Waals surface area contributed by atoms with Crippen LogP contribution in [-0.4, -0.2) is 49.0 Å². The standard InChI is InChI=1S/C16H19N3O6S/c1-16(2,3)25-15(20)18-7-6-11(9-18)26(23)14-17-12-8-10(19(21)22)4-5-13(12)24-14/h4-5,8,11H,6-7,9H2,1-3H3. The van der Waals surface area contributed by atoms with Crippen molar-refractivity contribution >= 4 is 33.7 Å². The van der Waals surface area contributed by atoms with Gasteiger partial charge in [-0.25, -0.2) is 14.0 Å². The summed E-state index contributed by atoms with van der Waals surface area (Å²) in [7, 11) is -1.57. The average Bonchev–Trinajstić information content (AvgIpc) is 3.18. The zero-order valence-electron chi connectivity index (χ0n) is 14.6. The fourth-order valence-electron chi connectivity index (χ4n) is 2.63. The molecule has 2 atom stereocenters. The van der Waals surface area contributed by atoms with E-state index < -0.39 is 27.4 Å². The highest BCUT2D eigenvalue weighted by Gasteiger charge is 2.35. The number of non-ortho nitro benzene ring substituents is 1. The van der Waals surface area contributed by atoms with Crippen molar-refractivity contribution < 1.29 is 23.1 Å². The fraction of sp³-hybridized carbons (Fsp3) is 0.500. The molecule has 1 aliphatic heterocycles. The number of nitro groups is 1. The molecule has 1 aromatic carbocycles. The summed E-state index contributed by atoms with van der Waals surface area (Å²) in [4.78, 5) is 28.1. The van der Waals surface area contributed by atoms with Gasteiger partial charge < -0.3 is 14.1 Å². The van der Waals surface area contributed by atoms with Crippen LogP contribution in [0.15, 0.2) is 27.8 Å². The first-order chi connectivity index (χ1) is 12.1. The van der Waals surface area contributed by atoms with Gasteiger partial charge in [-0.15, -0.1) is 0 Å². The molecule has 1 fully saturated rings. The average molecular weight is 381 g/mol. The summed E-state index contributed by atoms with van der Waals surface area (Å²) in [6.45, 7) is 6.08. The highest BCUT2D eigenvalue weighted by molar-refractivity contribution is 7.85. The van der Waals surface area contributed by atoms with Crippen LogP contribution in [-0.2, 0) is 15.5 Å². The molecule has 1 amide bonds. The molecule has 0 radical (unpaired) electrons. The largest absolute Gasteiger partial charge is 0.444 e. The Morgan fingerprint density at radius 3 is 2.85 bits per heavy atom. The molecular weight excluding hydrogens is 362 g/mol. The summed E-state index contributed by atoms with van der Waals surface area (Å²) in [5.41, 5.74) is -0.0887. The Bertz CT molecular complexity index is 888. The number of likely N-dealkylation sites (tertiary alicyclic amines) is 1. The Morgan fingerprint density at radius 1 is 1.46 bits per heavy atom. The van der Waals surface area contributed by atoms with Gasteiger partial charge in [0.2, 0.25) is 0 Å². The molecular formula is C16H19N3O6S. The van der Waals surface area contributed by atoms with E-state index in [0.29, 0.717) is 18.5 Å². The highest BCUT2D eigenvalue weighted by Crippen LogP contribution is 2.26. The Hall–Kier alpha value is -2.49. The smallest absolute Gasteiger partial charge is 0.410 e. The van der Waals surface area contributed by atoms with Gasteiger partial charge in [0.25, 0.3) is 10.9 Å². The number of carbonyl (C=O) groups is 1. The van der Waals surface area contributed by atoms with Crippen molar-refractivity contribution in [2.24, 2.45) is 0 Å². The Labute approximate surface area is 151 Å². The van der Waals surface area contributed by atoms with Gasteiger partial charge in [-0.2, -0.15) is 0 Å². The van der Waals surface area contributed by atoms with Crippen molar-refractivity contribution in [2.45, 2.75) is 43.3 Å². The van der Waals surface area contributed by atoms with E-state index in [0.717, 1.165) is 0 Å². The molecule has 0 spiro atoms. The van der Waals surface area contributed by atoms with Crippen LogP contribution in [0, 0.1) is 10.1 Å². The number of aromatic nitrogens is 1. The number of fused-ring (bicyclic) bond motifs is 1. The van der Waals surface area contributed by atoms with Crippen LogP contribution in [0.2, 0.25) is 0 Å². The highest BCUT2D eigenvalue weighted by atomic mass is 32.2. The summed E-state index contributed by atoms with van der Waals surface area (Å²) < 4.78 is 23.5. The van der Waals surface area contributed by atoms with Crippen molar-refractivity contribution in [3.63, 3.8) is 0 Å². The van der Waals surface area contributed by atoms with Crippen LogP contribution in [0.1, 0.15) is 27.2 Å². The normalized spacial score (nSPS) is 18.9. The number of ether oxygens (including phenoxy) is 1. The third-order valence-electron chi connectivity index (χ3n) is 3.83. The van der Waals surface area contributed by atoms with E-state index in [2.05, 4.69) is 4.98 Å². The summed E-state index contributed by atoms with van der Waals surface area (Å²) in [6, 6.07) is 4.02. The van der Waals surface area contributed by atoms with Gasteiger partial charge >= 0.3 is 6.09 Å². The van der Waals surface area contributed by atoms with E-state index in [-0.39, 0.29) is 28.2 Å². The number of amides is 1. The number of carbonyl (C=O) groups excluding carboxylic acids is 1. The second-order valence-corrected chi connectivity index (χ2v) is 8.63. The maximum absolute atomic E-state index is 12.7. The molecule has 9 nitrogen and oxygen atoms in total. The summed E-state index contributed by atoms with van der Waals surface area (Å²) in [5.74, 6) is 0. The first kappa shape index (κ1) is 18.3. The number of rotatable bonds is 3. The Kier molecular flexibility index (Phi) is 4.70. The van der Waals surface area contributed by atoms with Crippen LogP contribution in [0.4, 0.5) is 10.5 Å². The zero-order valence-corrected chi connectivity index (χ0v) is 15.4. The maximum atomic E-state index is 12.7. The van der Waals surface area contributed by atoms with E-state index in [1.807, 2.05) is 0 Å². The van der Waals surface area contributed by atoms with Gasteiger partial charge in [0.05, 0.1) is 10.2 Å². The van der Waals surface area contributed by atoms with Gasteiger partial charge in [0.15, 0.2) is 5.58 Å². The van der Waals surface area contributed by atoms with Gasteiger partial charge in [-0.3, -0.25) is 10.1 Å². The number of benzene rings is 1. The lowest BCUT2D eigenvalue weighted by Crippen LogP contribution is -2.36. The molecule has 2 unspecified atom stereocenters. The number of nitrogens with zero attached hydrogens (tertiary/aromatic N) is 3. The Morgan fingerprint density at radius 2 is 2.19 bits per heavy atom. The monoisotopic (exact) mass is 381 g/mol. The quantitative estimate of drug-likeness (QED) is 0.593. The van der Waals surface area contributed by atoms with Crippen LogP contribution >= 0.6 is 0 Å². The van der Waals surface area contributed by atoms with Crippen LogP contribution in [0.5, 0.6) is 0 Å². The van der Waals surface area contributed by atoms with Crippen molar-refractivity contribution in [3.05, 3.63) is 28.3 Å². The lowest BCUT2D eigenvalue weighted by Gasteiger charge is -2.24. The number of nitro benzene ring substituents is 1. The van der Waals surface area contributed by atoms with Gasteiger partial charge in [-0.05, 0) is 33.3 Å². The minimum absolute atomic E-state index is 0.0107. The molecule has 1 aromatic heterocycles. The van der Waals surface area contributed by atoms with Crippen LogP contribution in [0.3, 0.4) is 0 Å². The lowest BCUT2D eigenvalue weighted by atomic mass is 10.2. The van der Waals surface area contributed by atoms with Crippen molar-refractivity contribution in [1.82, 2.24) is 9.88 Å². The second-order valence-electron chi connectivity index (χ2n) is 7.02. The molecule has 3 rings (SSSR count). The van der Waals surface area contributed by atoms with E-state index in [1.165, 1.54) is 23.1 Å². The zero-order chi connectivity index (χ0) is 19.1. The van der Waals surface area contributed by atoms with E-state index in [9.17, 15) is 19.1 Å². The summed E-state index contributed by atoms with van der Waals surface area (Å²) in [5, 5.41) is 10.5. The van der Waals surface area contributed by atoms with Gasteiger partial charge in [0, 0.05) is 25.2 Å². The molecule has 10 heteroatoms. The third-order valence-corrected chi connectivity index (χ3v) is 5.34. The SMILES string of the molecule is CC(C)(C)OC(=O)N1CCC(S(=O)c2nc3cc([N+](=O)[O-])ccc3o2)C1. The predicted molar refractivity (Wildman–Crippen MR) is 93.3 cm³/mol. The molecule has 140 valence electrons. The molecule has 0 aliphatic carbocycles. The van der Waals surface area contributed by atoms with Crippen LogP contribution < -0.4 is 0 Å². The van der Waals surface area contributed by atoms with E-state index >= 15 is 0 Å². The molecule has 2 aromatic rings. The maximum Gasteiger partial charge on any atom is 0.410 e. The molecule has 0 saturated carbocycles. The predicted octanol–water partition coefficient (Wildman–Crippen LogP) is 2.85. The topological polar surface area (TPSA) is 116 Å². The van der Waals surface area contributed by atoms with Gasteiger partial charge in [-0.1, -0.05) is 0 Å². The van der Waals surface area contributed by atoms with Crippen LogP contribution in [0.25, 0.3) is 11.1 Å². The molecule has 1 saturated heterocycles. The number of hydrogen-bond donors (Lipinski definition) is 0. The number of oxazole rings is 1. The molecule has 26 heavy (non-hydrogen) atoms. The minimum atomic E-state index is -1.57. The Balaban J connectivity index is 1.73. The number of hydrogen-bond acceptors (Lipinski definition) is 7. The molecule has 0 N–H and O–H groups in total. The lowest BCUT2D eigenvalue weighted by molar-refractivity contribution is -0.384. The first-order valence-electron chi connectivity index (χ1n) is 8.07. The third kappa shape index (κ3) is 3.85. The molecule has 0 bridgehead atoms. The minimum Gasteiger partial charge on any atom is -0.444 e. The first-order valence-corrected chi connectivity index (χ1v) is 9.29. The summed E-state index contributed by atoms with van der Waals surface area (Å²) >= 11 is 0. The van der Waals surface area contributed by atoms with Crippen molar-refractivity contribution in [2.75, 3.05) is 13.1 Å². The van der Waals surface area contributed by atoms with E-state index in [4.69, 9.17) is 9.15 Å². The fourth-order valence-corrected chi connectivity index (χ4v) is 3.91. The van der Waals surface area contributed by atoms with Crippen molar-refractivity contribution in [1.29, 1.82) is 0 Å².